The van der Waals surface area contributed by atoms with Crippen molar-refractivity contribution in [3.8, 4) is 0 Å². The first kappa shape index (κ1) is 15.4. The number of rotatable bonds is 4. The van der Waals surface area contributed by atoms with Gasteiger partial charge in [-0.15, -0.1) is 0 Å². The summed E-state index contributed by atoms with van der Waals surface area (Å²) in [5.41, 5.74) is 2.78. The van der Waals surface area contributed by atoms with Crippen molar-refractivity contribution < 1.29 is 4.79 Å². The number of hydrogen-bond donors (Lipinski definition) is 1. The van der Waals surface area contributed by atoms with E-state index in [0.29, 0.717) is 11.6 Å². The van der Waals surface area contributed by atoms with Crippen LogP contribution in [-0.2, 0) is 0 Å². The first-order valence-electron chi connectivity index (χ1n) is 7.75. The summed E-state index contributed by atoms with van der Waals surface area (Å²) in [6.07, 6.45) is 0. The number of anilines is 2. The molecule has 0 spiro atoms. The number of carbonyl (C=O) groups excluding carboxylic acids is 1. The van der Waals surface area contributed by atoms with Gasteiger partial charge in [-0.3, -0.25) is 4.79 Å². The fourth-order valence-corrected chi connectivity index (χ4v) is 3.96. The van der Waals surface area contributed by atoms with Crippen LogP contribution in [0.5, 0.6) is 0 Å². The van der Waals surface area contributed by atoms with Crippen molar-refractivity contribution in [2.45, 2.75) is 11.8 Å². The van der Waals surface area contributed by atoms with E-state index in [9.17, 15) is 4.79 Å². The number of halogens is 1. The minimum absolute atomic E-state index is 0.0888. The maximum atomic E-state index is 12.5. The van der Waals surface area contributed by atoms with Crippen molar-refractivity contribution in [2.24, 2.45) is 0 Å². The van der Waals surface area contributed by atoms with Crippen LogP contribution in [0.3, 0.4) is 0 Å². The highest BCUT2D eigenvalue weighted by Gasteiger charge is 2.29. The molecule has 0 unspecified atom stereocenters. The Morgan fingerprint density at radius 3 is 2.62 bits per heavy atom. The van der Waals surface area contributed by atoms with E-state index in [-0.39, 0.29) is 5.91 Å². The van der Waals surface area contributed by atoms with Crippen molar-refractivity contribution >= 4 is 51.6 Å². The minimum atomic E-state index is 0.0888. The second-order valence-electron chi connectivity index (χ2n) is 5.57. The number of amides is 1. The number of hydrogen-bond acceptors (Lipinski definition) is 3. The lowest BCUT2D eigenvalue weighted by atomic mass is 10.1. The first-order chi connectivity index (χ1) is 11.7. The SMILES string of the molecule is CCN1C(=O)c2cccc3c(SNc4ccc(Cl)cc4)ccc1c23. The van der Waals surface area contributed by atoms with Gasteiger partial charge in [-0.25, -0.2) is 0 Å². The summed E-state index contributed by atoms with van der Waals surface area (Å²) in [6.45, 7) is 2.68. The van der Waals surface area contributed by atoms with Gasteiger partial charge in [-0.05, 0) is 66.7 Å². The Morgan fingerprint density at radius 1 is 1.08 bits per heavy atom. The van der Waals surface area contributed by atoms with E-state index in [1.807, 2.05) is 54.3 Å². The zero-order chi connectivity index (χ0) is 16.7. The summed E-state index contributed by atoms with van der Waals surface area (Å²) < 4.78 is 3.34. The Labute approximate surface area is 149 Å². The Hall–Kier alpha value is -2.17. The Kier molecular flexibility index (Phi) is 3.87. The van der Waals surface area contributed by atoms with Crippen LogP contribution in [0.15, 0.2) is 59.5 Å². The van der Waals surface area contributed by atoms with Gasteiger partial charge in [0.15, 0.2) is 0 Å². The average Bonchev–Trinajstić information content (AvgIpc) is 2.89. The summed E-state index contributed by atoms with van der Waals surface area (Å²) in [5.74, 6) is 0.0888. The van der Waals surface area contributed by atoms with Crippen LogP contribution in [0, 0.1) is 0 Å². The third-order valence-electron chi connectivity index (χ3n) is 4.18. The molecule has 0 radical (unpaired) electrons. The van der Waals surface area contributed by atoms with Crippen molar-refractivity contribution in [3.05, 3.63) is 65.2 Å². The summed E-state index contributed by atoms with van der Waals surface area (Å²) in [4.78, 5) is 15.4. The maximum Gasteiger partial charge on any atom is 0.258 e. The largest absolute Gasteiger partial charge is 0.326 e. The van der Waals surface area contributed by atoms with Crippen LogP contribution in [0.1, 0.15) is 17.3 Å². The van der Waals surface area contributed by atoms with Crippen molar-refractivity contribution in [3.63, 3.8) is 0 Å². The maximum absolute atomic E-state index is 12.5. The number of nitrogens with zero attached hydrogens (tertiary/aromatic N) is 1. The molecule has 0 bridgehead atoms. The Morgan fingerprint density at radius 2 is 1.88 bits per heavy atom. The molecule has 3 aromatic rings. The smallest absolute Gasteiger partial charge is 0.258 e. The van der Waals surface area contributed by atoms with Crippen LogP contribution in [-0.4, -0.2) is 12.5 Å². The van der Waals surface area contributed by atoms with Crippen LogP contribution in [0.2, 0.25) is 5.02 Å². The van der Waals surface area contributed by atoms with Gasteiger partial charge in [0.05, 0.1) is 5.69 Å². The molecular weight excluding hydrogens is 340 g/mol. The number of nitrogens with one attached hydrogen (secondary N) is 1. The number of carbonyl (C=O) groups is 1. The summed E-state index contributed by atoms with van der Waals surface area (Å²) in [5, 5.41) is 2.86. The van der Waals surface area contributed by atoms with Crippen LogP contribution in [0.25, 0.3) is 10.8 Å². The molecule has 24 heavy (non-hydrogen) atoms. The Balaban J connectivity index is 1.72. The van der Waals surface area contributed by atoms with Crippen LogP contribution >= 0.6 is 23.5 Å². The lowest BCUT2D eigenvalue weighted by molar-refractivity contribution is 0.0994. The van der Waals surface area contributed by atoms with Crippen LogP contribution < -0.4 is 9.62 Å². The van der Waals surface area contributed by atoms with E-state index in [0.717, 1.165) is 32.6 Å². The molecule has 1 amide bonds. The minimum Gasteiger partial charge on any atom is -0.326 e. The molecule has 0 saturated heterocycles. The topological polar surface area (TPSA) is 32.3 Å². The molecule has 120 valence electrons. The molecule has 0 fully saturated rings. The molecule has 3 aromatic carbocycles. The fraction of sp³-hybridized carbons (Fsp3) is 0.105. The van der Waals surface area contributed by atoms with E-state index >= 15 is 0 Å². The predicted molar refractivity (Wildman–Crippen MR) is 102 cm³/mol. The molecule has 4 rings (SSSR count). The van der Waals surface area contributed by atoms with Gasteiger partial charge in [0.1, 0.15) is 0 Å². The third-order valence-corrected chi connectivity index (χ3v) is 5.35. The van der Waals surface area contributed by atoms with Gasteiger partial charge in [0.25, 0.3) is 5.91 Å². The molecular formula is C19H15ClN2OS. The van der Waals surface area contributed by atoms with E-state index in [2.05, 4.69) is 16.9 Å². The van der Waals surface area contributed by atoms with Gasteiger partial charge in [-0.1, -0.05) is 23.7 Å². The first-order valence-corrected chi connectivity index (χ1v) is 8.94. The van der Waals surface area contributed by atoms with E-state index in [1.165, 1.54) is 0 Å². The fourth-order valence-electron chi connectivity index (χ4n) is 3.05. The highest BCUT2D eigenvalue weighted by molar-refractivity contribution is 8.00. The Bertz CT molecular complexity index is 940. The van der Waals surface area contributed by atoms with Gasteiger partial charge in [0, 0.05) is 33.1 Å². The normalized spacial score (nSPS) is 12.9. The molecule has 5 heteroatoms. The zero-order valence-electron chi connectivity index (χ0n) is 13.0. The quantitative estimate of drug-likeness (QED) is 0.619. The zero-order valence-corrected chi connectivity index (χ0v) is 14.6. The summed E-state index contributed by atoms with van der Waals surface area (Å²) in [7, 11) is 0. The molecule has 1 aliphatic rings. The molecule has 1 aliphatic heterocycles. The molecule has 0 aromatic heterocycles. The lowest BCUT2D eigenvalue weighted by Crippen LogP contribution is -2.25. The number of benzene rings is 3. The third kappa shape index (κ3) is 2.43. The molecule has 1 heterocycles. The second kappa shape index (κ2) is 6.04. The van der Waals surface area contributed by atoms with E-state index in [1.54, 1.807) is 11.9 Å². The van der Waals surface area contributed by atoms with Gasteiger partial charge in [0.2, 0.25) is 0 Å². The molecule has 0 atom stereocenters. The second-order valence-corrected chi connectivity index (χ2v) is 6.86. The molecule has 1 N–H and O–H groups in total. The molecule has 0 saturated carbocycles. The van der Waals surface area contributed by atoms with Crippen molar-refractivity contribution in [2.75, 3.05) is 16.2 Å². The summed E-state index contributed by atoms with van der Waals surface area (Å²) in [6, 6.07) is 17.6. The van der Waals surface area contributed by atoms with E-state index in [4.69, 9.17) is 11.6 Å². The van der Waals surface area contributed by atoms with Gasteiger partial charge in [-0.2, -0.15) is 0 Å². The average molecular weight is 355 g/mol. The monoisotopic (exact) mass is 354 g/mol. The summed E-state index contributed by atoms with van der Waals surface area (Å²) >= 11 is 7.46. The standard InChI is InChI=1S/C19H15ClN2OS/c1-2-22-16-10-11-17(24-21-13-8-6-12(20)7-9-13)14-4-3-5-15(18(14)16)19(22)23/h3-11,21H,2H2,1H3. The van der Waals surface area contributed by atoms with Gasteiger partial charge < -0.3 is 9.62 Å². The molecule has 0 aliphatic carbocycles. The lowest BCUT2D eigenvalue weighted by Gasteiger charge is -2.15. The van der Waals surface area contributed by atoms with E-state index < -0.39 is 0 Å². The highest BCUT2D eigenvalue weighted by Crippen LogP contribution is 2.41. The highest BCUT2D eigenvalue weighted by atomic mass is 35.5. The predicted octanol–water partition coefficient (Wildman–Crippen LogP) is 5.59. The van der Waals surface area contributed by atoms with Crippen molar-refractivity contribution in [1.29, 1.82) is 0 Å². The van der Waals surface area contributed by atoms with Crippen LogP contribution in [0.4, 0.5) is 11.4 Å². The molecule has 3 nitrogen and oxygen atoms in total. The van der Waals surface area contributed by atoms with Crippen molar-refractivity contribution in [1.82, 2.24) is 0 Å². The van der Waals surface area contributed by atoms with Gasteiger partial charge >= 0.3 is 0 Å².